The van der Waals surface area contributed by atoms with Gasteiger partial charge in [-0.2, -0.15) is 0 Å². The van der Waals surface area contributed by atoms with Crippen LogP contribution in [-0.2, 0) is 9.53 Å². The monoisotopic (exact) mass is 229 g/mol. The average Bonchev–Trinajstić information content (AvgIpc) is 2.23. The zero-order valence-corrected chi connectivity index (χ0v) is 9.86. The van der Waals surface area contributed by atoms with Gasteiger partial charge in [0.2, 0.25) is 5.70 Å². The molecule has 1 N–H and O–H groups in total. The Morgan fingerprint density at radius 3 is 2.38 bits per heavy atom. The second-order valence-corrected chi connectivity index (χ2v) is 3.58. The van der Waals surface area contributed by atoms with Crippen LogP contribution in [0, 0.1) is 4.91 Å². The van der Waals surface area contributed by atoms with Crippen molar-refractivity contribution in [2.45, 2.75) is 46.0 Å². The van der Waals surface area contributed by atoms with E-state index in [4.69, 9.17) is 9.84 Å². The van der Waals surface area contributed by atoms with Gasteiger partial charge in [0.15, 0.2) is 0 Å². The van der Waals surface area contributed by atoms with Gasteiger partial charge in [-0.3, -0.25) is 0 Å². The zero-order valence-electron chi connectivity index (χ0n) is 9.86. The molecule has 92 valence electrons. The molecule has 0 amide bonds. The van der Waals surface area contributed by atoms with Crippen LogP contribution < -0.4 is 0 Å². The topological polar surface area (TPSA) is 76.0 Å². The van der Waals surface area contributed by atoms with Crippen LogP contribution >= 0.6 is 0 Å². The van der Waals surface area contributed by atoms with Crippen LogP contribution in [0.5, 0.6) is 0 Å². The lowest BCUT2D eigenvalue weighted by molar-refractivity contribution is -0.139. The molecule has 5 nitrogen and oxygen atoms in total. The number of hydrogen-bond acceptors (Lipinski definition) is 5. The number of esters is 1. The number of carbonyl (C=O) groups is 1. The molecule has 0 radical (unpaired) electrons. The van der Waals surface area contributed by atoms with Gasteiger partial charge in [0.25, 0.3) is 0 Å². The molecule has 0 rings (SSSR count). The Labute approximate surface area is 95.5 Å². The molecule has 5 heteroatoms. The van der Waals surface area contributed by atoms with E-state index in [1.807, 2.05) is 0 Å². The third kappa shape index (κ3) is 6.16. The van der Waals surface area contributed by atoms with Crippen molar-refractivity contribution < 1.29 is 14.6 Å². The number of unbranched alkanes of at least 4 members (excludes halogenated alkanes) is 4. The summed E-state index contributed by atoms with van der Waals surface area (Å²) in [6.07, 6.45) is 5.20. The summed E-state index contributed by atoms with van der Waals surface area (Å²) >= 11 is 0. The van der Waals surface area contributed by atoms with Crippen molar-refractivity contribution in [3.05, 3.63) is 16.4 Å². The van der Waals surface area contributed by atoms with Crippen molar-refractivity contribution in [2.24, 2.45) is 5.18 Å². The highest BCUT2D eigenvalue weighted by atomic mass is 16.5. The predicted octanol–water partition coefficient (Wildman–Crippen LogP) is 3.06. The summed E-state index contributed by atoms with van der Waals surface area (Å²) < 4.78 is 4.79. The Hall–Kier alpha value is -1.39. The first kappa shape index (κ1) is 14.6. The quantitative estimate of drug-likeness (QED) is 0.228. The summed E-state index contributed by atoms with van der Waals surface area (Å²) in [5, 5.41) is 11.4. The van der Waals surface area contributed by atoms with E-state index in [2.05, 4.69) is 12.1 Å². The molecule has 0 atom stereocenters. The van der Waals surface area contributed by atoms with Gasteiger partial charge in [-0.25, -0.2) is 4.79 Å². The Morgan fingerprint density at radius 1 is 1.25 bits per heavy atom. The second kappa shape index (κ2) is 8.88. The Kier molecular flexibility index (Phi) is 8.11. The van der Waals surface area contributed by atoms with Crippen molar-refractivity contribution in [1.29, 1.82) is 0 Å². The molecule has 16 heavy (non-hydrogen) atoms. The van der Waals surface area contributed by atoms with Crippen LogP contribution in [0.3, 0.4) is 0 Å². The van der Waals surface area contributed by atoms with E-state index in [0.29, 0.717) is 0 Å². The minimum Gasteiger partial charge on any atom is -0.510 e. The molecule has 0 aliphatic carbocycles. The van der Waals surface area contributed by atoms with E-state index >= 15 is 0 Å². The van der Waals surface area contributed by atoms with Crippen molar-refractivity contribution in [1.82, 2.24) is 0 Å². The summed E-state index contributed by atoms with van der Waals surface area (Å²) in [6.45, 7) is 3.60. The van der Waals surface area contributed by atoms with E-state index in [1.165, 1.54) is 13.3 Å². The van der Waals surface area contributed by atoms with E-state index in [1.54, 1.807) is 0 Å². The molecule has 0 aliphatic rings. The molecule has 0 saturated carbocycles. The van der Waals surface area contributed by atoms with E-state index in [0.717, 1.165) is 25.7 Å². The van der Waals surface area contributed by atoms with Crippen LogP contribution in [0.15, 0.2) is 16.6 Å². The zero-order chi connectivity index (χ0) is 12.4. The lowest BCUT2D eigenvalue weighted by Crippen LogP contribution is -2.09. The maximum Gasteiger partial charge on any atom is 0.364 e. The molecule has 0 aromatic rings. The number of ether oxygens (including phenoxy) is 1. The highest BCUT2D eigenvalue weighted by molar-refractivity contribution is 5.88. The summed E-state index contributed by atoms with van der Waals surface area (Å²) in [6, 6.07) is 0. The maximum absolute atomic E-state index is 11.2. The second-order valence-electron chi connectivity index (χ2n) is 3.58. The molecule has 0 aliphatic heterocycles. The van der Waals surface area contributed by atoms with Crippen molar-refractivity contribution in [3.63, 3.8) is 0 Å². The molecule has 0 unspecified atom stereocenters. The predicted molar refractivity (Wildman–Crippen MR) is 60.8 cm³/mol. The van der Waals surface area contributed by atoms with E-state index in [9.17, 15) is 9.70 Å². The smallest absolute Gasteiger partial charge is 0.364 e. The van der Waals surface area contributed by atoms with Gasteiger partial charge < -0.3 is 9.84 Å². The first-order valence-electron chi connectivity index (χ1n) is 5.53. The normalized spacial score (nSPS) is 11.9. The average molecular weight is 229 g/mol. The highest BCUT2D eigenvalue weighted by Crippen LogP contribution is 2.07. The van der Waals surface area contributed by atoms with Gasteiger partial charge in [-0.05, 0) is 18.5 Å². The fraction of sp³-hybridized carbons (Fsp3) is 0.727. The van der Waals surface area contributed by atoms with Gasteiger partial charge >= 0.3 is 5.97 Å². The number of aliphatic hydroxyl groups excluding tert-OH is 1. The van der Waals surface area contributed by atoms with E-state index < -0.39 is 17.4 Å². The van der Waals surface area contributed by atoms with Crippen LogP contribution in [0.1, 0.15) is 46.0 Å². The summed E-state index contributed by atoms with van der Waals surface area (Å²) in [7, 11) is 0. The van der Waals surface area contributed by atoms with Crippen LogP contribution in [0.25, 0.3) is 0 Å². The van der Waals surface area contributed by atoms with Gasteiger partial charge in [-0.1, -0.05) is 32.6 Å². The fourth-order valence-electron chi connectivity index (χ4n) is 1.19. The van der Waals surface area contributed by atoms with Gasteiger partial charge in [0, 0.05) is 0 Å². The Balaban J connectivity index is 3.74. The summed E-state index contributed by atoms with van der Waals surface area (Å²) in [5.74, 6) is -1.27. The lowest BCUT2D eigenvalue weighted by atomic mass is 10.2. The van der Waals surface area contributed by atoms with Crippen LogP contribution in [-0.4, -0.2) is 17.7 Å². The molecule has 0 bridgehead atoms. The molecule has 0 aromatic heterocycles. The minimum absolute atomic E-state index is 0.259. The molecule has 0 aromatic carbocycles. The third-order valence-corrected chi connectivity index (χ3v) is 2.11. The molecule has 0 fully saturated rings. The number of aliphatic hydroxyl groups is 1. The van der Waals surface area contributed by atoms with Gasteiger partial charge in [-0.15, -0.1) is 4.91 Å². The van der Waals surface area contributed by atoms with Crippen LogP contribution in [0.4, 0.5) is 0 Å². The van der Waals surface area contributed by atoms with Gasteiger partial charge in [0.05, 0.1) is 6.61 Å². The number of rotatable bonds is 8. The molecular weight excluding hydrogens is 210 g/mol. The number of nitroso groups, excluding NO2 is 1. The van der Waals surface area contributed by atoms with E-state index in [-0.39, 0.29) is 6.61 Å². The molecule has 0 saturated heterocycles. The molecular formula is C11H19NO4. The largest absolute Gasteiger partial charge is 0.510 e. The van der Waals surface area contributed by atoms with Gasteiger partial charge in [0.1, 0.15) is 5.76 Å². The third-order valence-electron chi connectivity index (χ3n) is 2.11. The first-order valence-corrected chi connectivity index (χ1v) is 5.53. The SMILES string of the molecule is CCCCCCCOC(=O)/C(N=O)=C(/C)O. The maximum atomic E-state index is 11.2. The lowest BCUT2D eigenvalue weighted by Gasteiger charge is -2.03. The first-order chi connectivity index (χ1) is 7.63. The van der Waals surface area contributed by atoms with Crippen molar-refractivity contribution in [3.8, 4) is 0 Å². The summed E-state index contributed by atoms with van der Waals surface area (Å²) in [5.41, 5.74) is -0.548. The molecule has 0 heterocycles. The minimum atomic E-state index is -0.856. The number of carbonyl (C=O) groups excluding carboxylic acids is 1. The van der Waals surface area contributed by atoms with Crippen molar-refractivity contribution in [2.75, 3.05) is 6.61 Å². The number of hydrogen-bond donors (Lipinski definition) is 1. The fourth-order valence-corrected chi connectivity index (χ4v) is 1.19. The molecule has 0 spiro atoms. The number of allylic oxidation sites excluding steroid dienone is 1. The number of nitrogens with zero attached hydrogens (tertiary/aromatic N) is 1. The standard InChI is InChI=1S/C11H19NO4/c1-3-4-5-6-7-8-16-11(14)10(12-15)9(2)13/h13H,3-8H2,1-2H3/b10-9+. The van der Waals surface area contributed by atoms with Crippen LogP contribution in [0.2, 0.25) is 0 Å². The Bertz CT molecular complexity index is 257. The Morgan fingerprint density at radius 2 is 1.88 bits per heavy atom. The summed E-state index contributed by atoms with van der Waals surface area (Å²) in [4.78, 5) is 21.4. The highest BCUT2D eigenvalue weighted by Gasteiger charge is 2.15. The van der Waals surface area contributed by atoms with Crippen molar-refractivity contribution >= 4 is 5.97 Å².